The summed E-state index contributed by atoms with van der Waals surface area (Å²) in [5.41, 5.74) is 1.34. The van der Waals surface area contributed by atoms with Crippen LogP contribution in [0.5, 0.6) is 0 Å². The minimum absolute atomic E-state index is 0.169. The number of sulfone groups is 1. The molecule has 4 rings (SSSR count). The molecule has 122 valence electrons. The molecule has 6 nitrogen and oxygen atoms in total. The molecule has 4 aromatic rings. The number of hydrogen-bond acceptors (Lipinski definition) is 6. The smallest absolute Gasteiger partial charge is 0.265 e. The maximum absolute atomic E-state index is 12.4. The van der Waals surface area contributed by atoms with Crippen LogP contribution in [0.15, 0.2) is 46.8 Å². The Balaban J connectivity index is 1.65. The van der Waals surface area contributed by atoms with E-state index in [1.165, 1.54) is 34.8 Å². The number of rotatable bonds is 3. The second-order valence-electron chi connectivity index (χ2n) is 5.22. The maximum atomic E-state index is 12.4. The zero-order valence-electron chi connectivity index (χ0n) is 12.4. The molecule has 0 atom stereocenters. The highest BCUT2D eigenvalue weighted by atomic mass is 32.2. The van der Waals surface area contributed by atoms with Gasteiger partial charge in [-0.15, -0.1) is 22.7 Å². The van der Waals surface area contributed by atoms with E-state index in [-0.39, 0.29) is 10.8 Å². The van der Waals surface area contributed by atoms with E-state index in [1.54, 1.807) is 18.2 Å². The molecule has 0 saturated carbocycles. The van der Waals surface area contributed by atoms with Crippen molar-refractivity contribution in [2.75, 3.05) is 11.6 Å². The average molecular weight is 377 g/mol. The summed E-state index contributed by atoms with van der Waals surface area (Å²) < 4.78 is 25.1. The lowest BCUT2D eigenvalue weighted by Crippen LogP contribution is -2.10. The number of carbonyl (C=O) groups excluding carboxylic acids is 1. The Morgan fingerprint density at radius 2 is 2.12 bits per heavy atom. The molecule has 3 heterocycles. The van der Waals surface area contributed by atoms with Crippen LogP contribution in [0.25, 0.3) is 15.3 Å². The van der Waals surface area contributed by atoms with Crippen LogP contribution < -0.4 is 5.32 Å². The largest absolute Gasteiger partial charge is 0.321 e. The first-order valence-electron chi connectivity index (χ1n) is 6.88. The number of amides is 1. The van der Waals surface area contributed by atoms with E-state index >= 15 is 0 Å². The van der Waals surface area contributed by atoms with E-state index in [0.717, 1.165) is 21.6 Å². The number of thiazole rings is 1. The first-order valence-corrected chi connectivity index (χ1v) is 10.5. The molecule has 0 saturated heterocycles. The van der Waals surface area contributed by atoms with Crippen LogP contribution in [0.3, 0.4) is 0 Å². The van der Waals surface area contributed by atoms with Gasteiger partial charge in [0.1, 0.15) is 4.83 Å². The van der Waals surface area contributed by atoms with Gasteiger partial charge in [-0.25, -0.2) is 13.4 Å². The van der Waals surface area contributed by atoms with Crippen molar-refractivity contribution in [3.8, 4) is 0 Å². The highest BCUT2D eigenvalue weighted by molar-refractivity contribution is 7.90. The predicted molar refractivity (Wildman–Crippen MR) is 96.0 cm³/mol. The SMILES string of the molecule is CS(=O)(=O)c1cccc(NC(=O)c2cc3c(nc4sccn43)s2)c1. The number of nitrogens with zero attached hydrogens (tertiary/aromatic N) is 2. The second kappa shape index (κ2) is 5.40. The molecular formula is C15H11N3O3S3. The van der Waals surface area contributed by atoms with E-state index in [1.807, 2.05) is 16.0 Å². The van der Waals surface area contributed by atoms with E-state index in [9.17, 15) is 13.2 Å². The summed E-state index contributed by atoms with van der Waals surface area (Å²) in [7, 11) is -3.32. The van der Waals surface area contributed by atoms with Crippen molar-refractivity contribution >= 4 is 59.4 Å². The highest BCUT2D eigenvalue weighted by Crippen LogP contribution is 2.28. The molecule has 0 fully saturated rings. The Morgan fingerprint density at radius 3 is 2.92 bits per heavy atom. The quantitative estimate of drug-likeness (QED) is 0.594. The average Bonchev–Trinajstić information content (AvgIpc) is 3.18. The molecule has 0 bridgehead atoms. The van der Waals surface area contributed by atoms with Crippen molar-refractivity contribution in [3.05, 3.63) is 46.8 Å². The van der Waals surface area contributed by atoms with Crippen LogP contribution >= 0.6 is 22.7 Å². The van der Waals surface area contributed by atoms with Crippen molar-refractivity contribution in [2.45, 2.75) is 4.90 Å². The molecule has 3 aromatic heterocycles. The maximum Gasteiger partial charge on any atom is 0.265 e. The normalized spacial score (nSPS) is 12.0. The zero-order chi connectivity index (χ0) is 16.9. The van der Waals surface area contributed by atoms with Gasteiger partial charge in [0.15, 0.2) is 14.8 Å². The van der Waals surface area contributed by atoms with E-state index < -0.39 is 9.84 Å². The van der Waals surface area contributed by atoms with E-state index in [2.05, 4.69) is 10.3 Å². The van der Waals surface area contributed by atoms with Crippen LogP contribution in [0.1, 0.15) is 9.67 Å². The number of hydrogen-bond donors (Lipinski definition) is 1. The molecular weight excluding hydrogens is 366 g/mol. The molecule has 9 heteroatoms. The molecule has 1 amide bonds. The summed E-state index contributed by atoms with van der Waals surface area (Å²) in [5.74, 6) is -0.285. The van der Waals surface area contributed by atoms with Crippen LogP contribution in [0, 0.1) is 0 Å². The highest BCUT2D eigenvalue weighted by Gasteiger charge is 2.16. The third kappa shape index (κ3) is 2.60. The summed E-state index contributed by atoms with van der Waals surface area (Å²) in [6.07, 6.45) is 3.05. The minimum atomic E-state index is -3.32. The van der Waals surface area contributed by atoms with E-state index in [4.69, 9.17) is 0 Å². The number of benzene rings is 1. The van der Waals surface area contributed by atoms with E-state index in [0.29, 0.717) is 10.6 Å². The Bertz CT molecular complexity index is 1180. The van der Waals surface area contributed by atoms with Crippen molar-refractivity contribution in [1.29, 1.82) is 0 Å². The first kappa shape index (κ1) is 15.3. The second-order valence-corrected chi connectivity index (χ2v) is 9.14. The number of thiophene rings is 1. The molecule has 0 aliphatic heterocycles. The van der Waals surface area contributed by atoms with Gasteiger partial charge in [0.05, 0.1) is 15.3 Å². The lowest BCUT2D eigenvalue weighted by atomic mass is 10.3. The van der Waals surface area contributed by atoms with Gasteiger partial charge >= 0.3 is 0 Å². The Labute approximate surface area is 145 Å². The van der Waals surface area contributed by atoms with Gasteiger partial charge in [0, 0.05) is 23.5 Å². The zero-order valence-corrected chi connectivity index (χ0v) is 14.8. The molecule has 0 spiro atoms. The summed E-state index contributed by atoms with van der Waals surface area (Å²) >= 11 is 2.85. The number of imidazole rings is 1. The van der Waals surface area contributed by atoms with Crippen molar-refractivity contribution < 1.29 is 13.2 Å². The molecule has 0 aliphatic rings. The lowest BCUT2D eigenvalue weighted by Gasteiger charge is -2.05. The Hall–Kier alpha value is -2.23. The molecule has 1 aromatic carbocycles. The van der Waals surface area contributed by atoms with Crippen molar-refractivity contribution in [2.24, 2.45) is 0 Å². The number of fused-ring (bicyclic) bond motifs is 3. The summed E-state index contributed by atoms with van der Waals surface area (Å²) in [6.45, 7) is 0. The summed E-state index contributed by atoms with van der Waals surface area (Å²) in [4.78, 5) is 19.3. The lowest BCUT2D eigenvalue weighted by molar-refractivity contribution is 0.103. The third-order valence-electron chi connectivity index (χ3n) is 3.48. The van der Waals surface area contributed by atoms with Crippen LogP contribution in [0.4, 0.5) is 5.69 Å². The van der Waals surface area contributed by atoms with Crippen molar-refractivity contribution in [1.82, 2.24) is 9.38 Å². The fourth-order valence-corrected chi connectivity index (χ4v) is 4.72. The van der Waals surface area contributed by atoms with Gasteiger partial charge in [0.2, 0.25) is 0 Å². The monoisotopic (exact) mass is 377 g/mol. The van der Waals surface area contributed by atoms with Crippen LogP contribution in [0.2, 0.25) is 0 Å². The number of nitrogens with one attached hydrogen (secondary N) is 1. The van der Waals surface area contributed by atoms with Crippen LogP contribution in [-0.4, -0.2) is 30.0 Å². The Morgan fingerprint density at radius 1 is 1.29 bits per heavy atom. The van der Waals surface area contributed by atoms with Gasteiger partial charge in [-0.1, -0.05) is 6.07 Å². The van der Waals surface area contributed by atoms with Gasteiger partial charge in [0.25, 0.3) is 5.91 Å². The topological polar surface area (TPSA) is 80.5 Å². The first-order chi connectivity index (χ1) is 11.4. The van der Waals surface area contributed by atoms with Gasteiger partial charge < -0.3 is 5.32 Å². The number of carbonyl (C=O) groups is 1. The molecule has 24 heavy (non-hydrogen) atoms. The predicted octanol–water partition coefficient (Wildman–Crippen LogP) is 3.27. The van der Waals surface area contributed by atoms with Crippen molar-refractivity contribution in [3.63, 3.8) is 0 Å². The summed E-state index contributed by atoms with van der Waals surface area (Å²) in [5, 5.41) is 4.68. The molecule has 1 N–H and O–H groups in total. The van der Waals surface area contributed by atoms with Crippen LogP contribution in [-0.2, 0) is 9.84 Å². The fourth-order valence-electron chi connectivity index (χ4n) is 2.36. The number of anilines is 1. The Kier molecular flexibility index (Phi) is 3.44. The fraction of sp³-hybridized carbons (Fsp3) is 0.0667. The summed E-state index contributed by atoms with van der Waals surface area (Å²) in [6, 6.07) is 8.00. The van der Waals surface area contributed by atoms with Gasteiger partial charge in [-0.3, -0.25) is 9.20 Å². The van der Waals surface area contributed by atoms with Gasteiger partial charge in [-0.2, -0.15) is 0 Å². The minimum Gasteiger partial charge on any atom is -0.321 e. The molecule has 0 radical (unpaired) electrons. The molecule has 0 unspecified atom stereocenters. The third-order valence-corrected chi connectivity index (χ3v) is 6.37. The van der Waals surface area contributed by atoms with Gasteiger partial charge in [-0.05, 0) is 24.3 Å². The number of aromatic nitrogens is 2. The molecule has 0 aliphatic carbocycles. The standard InChI is InChI=1S/C15H11N3O3S3/c1-24(20,21)10-4-2-3-9(7-10)16-13(19)12-8-11-14(23-12)17-15-18(11)5-6-22-15/h2-8H,1H3,(H,16,19).